The van der Waals surface area contributed by atoms with Crippen molar-refractivity contribution < 1.29 is 9.18 Å². The van der Waals surface area contributed by atoms with Gasteiger partial charge in [0.25, 0.3) is 0 Å². The number of halogens is 1. The smallest absolute Gasteiger partial charge is 0.237 e. The number of anilines is 1. The molecule has 1 aliphatic rings. The summed E-state index contributed by atoms with van der Waals surface area (Å²) in [5, 5.41) is 9.03. The molecule has 3 aromatic rings. The molecule has 0 bridgehead atoms. The van der Waals surface area contributed by atoms with E-state index in [1.807, 2.05) is 34.7 Å². The Morgan fingerprint density at radius 3 is 2.70 bits per heavy atom. The van der Waals surface area contributed by atoms with Gasteiger partial charge in [-0.2, -0.15) is 0 Å². The number of hydrogen-bond acceptors (Lipinski definition) is 4. The second-order valence-electron chi connectivity index (χ2n) is 6.61. The van der Waals surface area contributed by atoms with Gasteiger partial charge in [-0.25, -0.2) is 4.39 Å². The van der Waals surface area contributed by atoms with Crippen LogP contribution in [0.1, 0.15) is 12.5 Å². The SMILES string of the molecule is C[C@H]1Cc2ccccc2N1C(=O)CSc1nnc(-c2ccc(F)cc2)n1C. The van der Waals surface area contributed by atoms with Crippen LogP contribution in [0.5, 0.6) is 0 Å². The summed E-state index contributed by atoms with van der Waals surface area (Å²) in [7, 11) is 1.85. The van der Waals surface area contributed by atoms with Crippen molar-refractivity contribution in [3.05, 3.63) is 59.9 Å². The summed E-state index contributed by atoms with van der Waals surface area (Å²) in [6.45, 7) is 2.07. The molecular formula is C20H19FN4OS. The molecular weight excluding hydrogens is 363 g/mol. The number of nitrogens with zero attached hydrogens (tertiary/aromatic N) is 4. The van der Waals surface area contributed by atoms with Crippen molar-refractivity contribution in [2.45, 2.75) is 24.5 Å². The number of benzene rings is 2. The van der Waals surface area contributed by atoms with Crippen LogP contribution in [-0.2, 0) is 18.3 Å². The van der Waals surface area contributed by atoms with E-state index in [1.54, 1.807) is 12.1 Å². The minimum Gasteiger partial charge on any atom is -0.308 e. The number of thioether (sulfide) groups is 1. The van der Waals surface area contributed by atoms with Crippen molar-refractivity contribution in [1.82, 2.24) is 14.8 Å². The summed E-state index contributed by atoms with van der Waals surface area (Å²) in [6.07, 6.45) is 0.880. The summed E-state index contributed by atoms with van der Waals surface area (Å²) in [6, 6.07) is 14.3. The minimum absolute atomic E-state index is 0.0591. The highest BCUT2D eigenvalue weighted by Crippen LogP contribution is 2.33. The minimum atomic E-state index is -0.291. The van der Waals surface area contributed by atoms with Crippen LogP contribution in [0, 0.1) is 5.82 Å². The quantitative estimate of drug-likeness (QED) is 0.646. The van der Waals surface area contributed by atoms with E-state index >= 15 is 0 Å². The Kier molecular flexibility index (Phi) is 4.70. The molecule has 0 saturated carbocycles. The molecule has 7 heteroatoms. The van der Waals surface area contributed by atoms with Crippen LogP contribution >= 0.6 is 11.8 Å². The first-order valence-electron chi connectivity index (χ1n) is 8.72. The molecule has 1 amide bonds. The predicted molar refractivity (Wildman–Crippen MR) is 104 cm³/mol. The number of amides is 1. The predicted octanol–water partition coefficient (Wildman–Crippen LogP) is 3.69. The van der Waals surface area contributed by atoms with E-state index in [-0.39, 0.29) is 23.5 Å². The highest BCUT2D eigenvalue weighted by atomic mass is 32.2. The van der Waals surface area contributed by atoms with Gasteiger partial charge in [-0.3, -0.25) is 4.79 Å². The zero-order valence-electron chi connectivity index (χ0n) is 15.1. The fourth-order valence-corrected chi connectivity index (χ4v) is 4.20. The van der Waals surface area contributed by atoms with E-state index in [9.17, 15) is 9.18 Å². The maximum Gasteiger partial charge on any atom is 0.237 e. The van der Waals surface area contributed by atoms with Crippen molar-refractivity contribution in [1.29, 1.82) is 0 Å². The largest absolute Gasteiger partial charge is 0.308 e. The van der Waals surface area contributed by atoms with Gasteiger partial charge in [0.2, 0.25) is 5.91 Å². The van der Waals surface area contributed by atoms with Crippen molar-refractivity contribution in [3.8, 4) is 11.4 Å². The molecule has 0 N–H and O–H groups in total. The van der Waals surface area contributed by atoms with E-state index in [4.69, 9.17) is 0 Å². The third-order valence-corrected chi connectivity index (χ3v) is 5.74. The van der Waals surface area contributed by atoms with Gasteiger partial charge in [-0.1, -0.05) is 30.0 Å². The Hall–Kier alpha value is -2.67. The van der Waals surface area contributed by atoms with E-state index in [0.717, 1.165) is 17.7 Å². The third-order valence-electron chi connectivity index (χ3n) is 4.74. The lowest BCUT2D eigenvalue weighted by Gasteiger charge is -2.22. The number of fused-ring (bicyclic) bond motifs is 1. The maximum atomic E-state index is 13.1. The average Bonchev–Trinajstić information content (AvgIpc) is 3.19. The number of carbonyl (C=O) groups is 1. The van der Waals surface area contributed by atoms with Gasteiger partial charge in [0, 0.05) is 24.3 Å². The number of hydrogen-bond donors (Lipinski definition) is 0. The zero-order valence-corrected chi connectivity index (χ0v) is 15.9. The van der Waals surface area contributed by atoms with Gasteiger partial charge < -0.3 is 9.47 Å². The molecule has 0 saturated heterocycles. The summed E-state index contributed by atoms with van der Waals surface area (Å²) in [4.78, 5) is 14.7. The average molecular weight is 382 g/mol. The summed E-state index contributed by atoms with van der Waals surface area (Å²) in [5.41, 5.74) is 2.99. The first-order chi connectivity index (χ1) is 13.0. The second kappa shape index (κ2) is 7.15. The molecule has 0 radical (unpaired) electrons. The Morgan fingerprint density at radius 2 is 1.93 bits per heavy atom. The van der Waals surface area contributed by atoms with Crippen LogP contribution in [0.3, 0.4) is 0 Å². The van der Waals surface area contributed by atoms with Gasteiger partial charge in [0.15, 0.2) is 11.0 Å². The lowest BCUT2D eigenvalue weighted by molar-refractivity contribution is -0.116. The number of rotatable bonds is 4. The van der Waals surface area contributed by atoms with Crippen molar-refractivity contribution >= 4 is 23.4 Å². The van der Waals surface area contributed by atoms with Crippen LogP contribution in [0.15, 0.2) is 53.7 Å². The molecule has 4 rings (SSSR count). The van der Waals surface area contributed by atoms with Crippen LogP contribution in [0.4, 0.5) is 10.1 Å². The monoisotopic (exact) mass is 382 g/mol. The van der Waals surface area contributed by atoms with Crippen molar-refractivity contribution in [2.75, 3.05) is 10.7 Å². The lowest BCUT2D eigenvalue weighted by Crippen LogP contribution is -2.37. The molecule has 0 unspecified atom stereocenters. The van der Waals surface area contributed by atoms with Gasteiger partial charge in [0.1, 0.15) is 5.82 Å². The molecule has 138 valence electrons. The molecule has 0 aliphatic carbocycles. The highest BCUT2D eigenvalue weighted by molar-refractivity contribution is 7.99. The second-order valence-corrected chi connectivity index (χ2v) is 7.55. The highest BCUT2D eigenvalue weighted by Gasteiger charge is 2.30. The van der Waals surface area contributed by atoms with Crippen LogP contribution in [0.25, 0.3) is 11.4 Å². The third kappa shape index (κ3) is 3.35. The first-order valence-corrected chi connectivity index (χ1v) is 9.71. The number of aromatic nitrogens is 3. The Labute approximate surface area is 161 Å². The molecule has 1 aliphatic heterocycles. The molecule has 2 heterocycles. The normalized spacial score (nSPS) is 15.8. The van der Waals surface area contributed by atoms with Crippen LogP contribution in [0.2, 0.25) is 0 Å². The molecule has 0 spiro atoms. The van der Waals surface area contributed by atoms with E-state index < -0.39 is 0 Å². The number of para-hydroxylation sites is 1. The first kappa shape index (κ1) is 17.7. The molecule has 0 fully saturated rings. The molecule has 1 aromatic heterocycles. The lowest BCUT2D eigenvalue weighted by atomic mass is 10.1. The van der Waals surface area contributed by atoms with E-state index in [0.29, 0.717) is 11.0 Å². The Bertz CT molecular complexity index is 986. The molecule has 5 nitrogen and oxygen atoms in total. The molecule has 2 aromatic carbocycles. The van der Waals surface area contributed by atoms with Gasteiger partial charge in [-0.15, -0.1) is 10.2 Å². The Balaban J connectivity index is 1.48. The van der Waals surface area contributed by atoms with Gasteiger partial charge >= 0.3 is 0 Å². The van der Waals surface area contributed by atoms with E-state index in [1.165, 1.54) is 29.5 Å². The Morgan fingerprint density at radius 1 is 1.19 bits per heavy atom. The van der Waals surface area contributed by atoms with Crippen molar-refractivity contribution in [3.63, 3.8) is 0 Å². The van der Waals surface area contributed by atoms with Gasteiger partial charge in [0.05, 0.1) is 5.75 Å². The maximum absolute atomic E-state index is 13.1. The summed E-state index contributed by atoms with van der Waals surface area (Å²) >= 11 is 1.36. The molecule has 1 atom stereocenters. The van der Waals surface area contributed by atoms with Crippen molar-refractivity contribution in [2.24, 2.45) is 7.05 Å². The van der Waals surface area contributed by atoms with Crippen LogP contribution in [-0.4, -0.2) is 32.5 Å². The topological polar surface area (TPSA) is 51.0 Å². The number of carbonyl (C=O) groups excluding carboxylic acids is 1. The fourth-order valence-electron chi connectivity index (χ4n) is 3.43. The van der Waals surface area contributed by atoms with Crippen LogP contribution < -0.4 is 4.90 Å². The summed E-state index contributed by atoms with van der Waals surface area (Å²) in [5.74, 6) is 0.698. The van der Waals surface area contributed by atoms with Gasteiger partial charge in [-0.05, 0) is 49.2 Å². The molecule has 27 heavy (non-hydrogen) atoms. The standard InChI is InChI=1S/C20H19FN4OS/c1-13-11-15-5-3-4-6-17(15)25(13)18(26)12-27-20-23-22-19(24(20)2)14-7-9-16(21)10-8-14/h3-10,13H,11-12H2,1-2H3/t13-/m0/s1. The fraction of sp³-hybridized carbons (Fsp3) is 0.250. The summed E-state index contributed by atoms with van der Waals surface area (Å²) < 4.78 is 14.9. The van der Waals surface area contributed by atoms with E-state index in [2.05, 4.69) is 23.2 Å². The zero-order chi connectivity index (χ0) is 19.0.